The number of anilines is 1. The molecule has 0 bridgehead atoms. The fourth-order valence-corrected chi connectivity index (χ4v) is 4.03. The van der Waals surface area contributed by atoms with E-state index in [1.807, 2.05) is 25.1 Å². The van der Waals surface area contributed by atoms with Crippen LogP contribution < -0.4 is 4.72 Å². The first-order valence-corrected chi connectivity index (χ1v) is 13.4. The smallest absolute Gasteiger partial charge is 0.116 e. The lowest BCUT2D eigenvalue weighted by Gasteiger charge is -2.31. The Balaban J connectivity index is 2.08. The van der Waals surface area contributed by atoms with Gasteiger partial charge >= 0.3 is 0 Å². The molecule has 0 amide bonds. The Bertz CT molecular complexity index is 1240. The summed E-state index contributed by atoms with van der Waals surface area (Å²) in [5.74, 6) is 6.47. The van der Waals surface area contributed by atoms with Crippen LogP contribution in [-0.2, 0) is 22.1 Å². The van der Waals surface area contributed by atoms with Gasteiger partial charge in [0.15, 0.2) is 0 Å². The lowest BCUT2D eigenvalue weighted by Crippen LogP contribution is -2.36. The van der Waals surface area contributed by atoms with E-state index in [0.717, 1.165) is 58.0 Å². The first kappa shape index (κ1) is 22.6. The standard InChI is InChI=1S/C24H29N5OS/c1-7-20-14-19(11-12-25-20)24-21(22(8-2)27-16-28-24)10-9-18-13-23(17(3)26-15-18)29-31(4,5,6)30/h11-16H,7-8H2,1-6H3,(H,29,30). The van der Waals surface area contributed by atoms with E-state index < -0.39 is 9.25 Å². The molecule has 0 radical (unpaired) electrons. The lowest BCUT2D eigenvalue weighted by molar-refractivity contribution is 0.673. The fraction of sp³-hybridized carbons (Fsp3) is 0.333. The molecule has 0 saturated carbocycles. The maximum absolute atomic E-state index is 12.7. The molecular weight excluding hydrogens is 406 g/mol. The van der Waals surface area contributed by atoms with E-state index in [1.54, 1.807) is 37.5 Å². The third-order valence-electron chi connectivity index (χ3n) is 4.59. The second-order valence-electron chi connectivity index (χ2n) is 8.42. The first-order valence-electron chi connectivity index (χ1n) is 10.2. The lowest BCUT2D eigenvalue weighted by atomic mass is 10.0. The van der Waals surface area contributed by atoms with Crippen LogP contribution in [0, 0.1) is 18.8 Å². The fourth-order valence-electron chi connectivity index (χ4n) is 3.07. The minimum Gasteiger partial charge on any atom is -0.324 e. The Morgan fingerprint density at radius 3 is 2.45 bits per heavy atom. The number of aryl methyl sites for hydroxylation is 3. The van der Waals surface area contributed by atoms with Gasteiger partial charge < -0.3 is 4.72 Å². The van der Waals surface area contributed by atoms with Gasteiger partial charge in [0.2, 0.25) is 0 Å². The zero-order valence-corrected chi connectivity index (χ0v) is 19.8. The molecule has 0 fully saturated rings. The van der Waals surface area contributed by atoms with E-state index in [0.29, 0.717) is 0 Å². The summed E-state index contributed by atoms with van der Waals surface area (Å²) in [6.07, 6.45) is 11.8. The van der Waals surface area contributed by atoms with Crippen molar-refractivity contribution in [2.45, 2.75) is 33.6 Å². The summed E-state index contributed by atoms with van der Waals surface area (Å²) in [6, 6.07) is 5.88. The summed E-state index contributed by atoms with van der Waals surface area (Å²) in [5.41, 5.74) is 6.70. The minimum absolute atomic E-state index is 0.721. The largest absolute Gasteiger partial charge is 0.324 e. The predicted molar refractivity (Wildman–Crippen MR) is 129 cm³/mol. The number of hydrogen-bond donors (Lipinski definition) is 1. The highest BCUT2D eigenvalue weighted by molar-refractivity contribution is 8.19. The molecule has 3 rings (SSSR count). The normalized spacial score (nSPS) is 12.4. The molecule has 1 N–H and O–H groups in total. The average molecular weight is 436 g/mol. The monoisotopic (exact) mass is 435 g/mol. The summed E-state index contributed by atoms with van der Waals surface area (Å²) in [4.78, 5) is 17.8. The number of rotatable bonds is 5. The van der Waals surface area contributed by atoms with E-state index in [-0.39, 0.29) is 0 Å². The molecule has 0 aliphatic carbocycles. The van der Waals surface area contributed by atoms with Gasteiger partial charge in [-0.25, -0.2) is 9.97 Å². The SMILES string of the molecule is CCc1cc(-c2ncnc(CC)c2C#Cc2cnc(C)c(NS(C)(C)(C)=O)c2)ccn1. The Morgan fingerprint density at radius 2 is 1.77 bits per heavy atom. The second-order valence-corrected chi connectivity index (χ2v) is 13.5. The van der Waals surface area contributed by atoms with Crippen LogP contribution in [0.5, 0.6) is 0 Å². The van der Waals surface area contributed by atoms with Crippen molar-refractivity contribution in [3.63, 3.8) is 0 Å². The van der Waals surface area contributed by atoms with E-state index in [2.05, 4.69) is 50.3 Å². The van der Waals surface area contributed by atoms with Crippen LogP contribution in [0.2, 0.25) is 0 Å². The van der Waals surface area contributed by atoms with Gasteiger partial charge in [-0.1, -0.05) is 25.7 Å². The van der Waals surface area contributed by atoms with E-state index in [9.17, 15) is 4.21 Å². The number of nitrogens with one attached hydrogen (secondary N) is 1. The summed E-state index contributed by atoms with van der Waals surface area (Å²) in [5, 5.41) is 0. The van der Waals surface area contributed by atoms with Gasteiger partial charge in [0.05, 0.1) is 28.3 Å². The Morgan fingerprint density at radius 1 is 1.00 bits per heavy atom. The maximum Gasteiger partial charge on any atom is 0.116 e. The summed E-state index contributed by atoms with van der Waals surface area (Å²) >= 11 is 0. The Labute approximate surface area is 184 Å². The molecule has 3 aromatic heterocycles. The van der Waals surface area contributed by atoms with Gasteiger partial charge in [0.25, 0.3) is 0 Å². The van der Waals surface area contributed by atoms with Gasteiger partial charge in [0.1, 0.15) is 6.33 Å². The molecule has 0 atom stereocenters. The molecular formula is C24H29N5OS. The van der Waals surface area contributed by atoms with Gasteiger partial charge in [0, 0.05) is 48.0 Å². The van der Waals surface area contributed by atoms with E-state index >= 15 is 0 Å². The van der Waals surface area contributed by atoms with Crippen molar-refractivity contribution < 1.29 is 4.21 Å². The van der Waals surface area contributed by atoms with Crippen LogP contribution in [0.1, 0.15) is 42.1 Å². The number of aromatic nitrogens is 4. The highest BCUT2D eigenvalue weighted by atomic mass is 32.3. The molecule has 0 saturated heterocycles. The molecule has 3 heterocycles. The molecule has 3 aromatic rings. The van der Waals surface area contributed by atoms with Gasteiger partial charge in [-0.05, 0) is 47.2 Å². The quantitative estimate of drug-likeness (QED) is 0.617. The third kappa shape index (κ3) is 5.96. The molecule has 31 heavy (non-hydrogen) atoms. The van der Waals surface area contributed by atoms with Crippen molar-refractivity contribution in [1.82, 2.24) is 19.9 Å². The van der Waals surface area contributed by atoms with Crippen LogP contribution in [0.4, 0.5) is 5.69 Å². The first-order chi connectivity index (χ1) is 14.6. The average Bonchev–Trinajstić information content (AvgIpc) is 2.72. The Hall–Kier alpha value is -3.11. The van der Waals surface area contributed by atoms with Crippen molar-refractivity contribution in [3.8, 4) is 23.1 Å². The molecule has 6 nitrogen and oxygen atoms in total. The van der Waals surface area contributed by atoms with Gasteiger partial charge in [-0.2, -0.15) is 0 Å². The summed E-state index contributed by atoms with van der Waals surface area (Å²) in [7, 11) is -2.95. The molecule has 0 aliphatic rings. The van der Waals surface area contributed by atoms with Gasteiger partial charge in [-0.3, -0.25) is 14.2 Å². The van der Waals surface area contributed by atoms with E-state index in [1.165, 1.54) is 0 Å². The van der Waals surface area contributed by atoms with Crippen molar-refractivity contribution >= 4 is 14.9 Å². The van der Waals surface area contributed by atoms with Crippen LogP contribution in [0.3, 0.4) is 0 Å². The third-order valence-corrected chi connectivity index (χ3v) is 5.51. The van der Waals surface area contributed by atoms with Gasteiger partial charge in [-0.15, -0.1) is 0 Å². The minimum atomic E-state index is -2.95. The highest BCUT2D eigenvalue weighted by Gasteiger charge is 2.18. The molecule has 0 unspecified atom stereocenters. The predicted octanol–water partition coefficient (Wildman–Crippen LogP) is 3.80. The summed E-state index contributed by atoms with van der Waals surface area (Å²) < 4.78 is 15.9. The topological polar surface area (TPSA) is 80.7 Å². The number of pyridine rings is 2. The molecule has 0 aromatic carbocycles. The van der Waals surface area contributed by atoms with Crippen molar-refractivity contribution in [2.24, 2.45) is 0 Å². The zero-order chi connectivity index (χ0) is 22.7. The molecule has 0 spiro atoms. The van der Waals surface area contributed by atoms with Crippen LogP contribution in [0.15, 0.2) is 36.9 Å². The van der Waals surface area contributed by atoms with E-state index in [4.69, 9.17) is 0 Å². The van der Waals surface area contributed by atoms with Crippen molar-refractivity contribution in [2.75, 3.05) is 23.5 Å². The molecule has 162 valence electrons. The summed E-state index contributed by atoms with van der Waals surface area (Å²) in [6.45, 7) is 6.01. The van der Waals surface area contributed by atoms with Crippen molar-refractivity contribution in [3.05, 3.63) is 65.1 Å². The number of nitrogens with zero attached hydrogens (tertiary/aromatic N) is 4. The Kier molecular flexibility index (Phi) is 6.23. The molecule has 0 aliphatic heterocycles. The number of hydrogen-bond acceptors (Lipinski definition) is 5. The van der Waals surface area contributed by atoms with Crippen molar-refractivity contribution in [1.29, 1.82) is 0 Å². The van der Waals surface area contributed by atoms with Crippen LogP contribution in [-0.4, -0.2) is 42.9 Å². The highest BCUT2D eigenvalue weighted by Crippen LogP contribution is 2.24. The van der Waals surface area contributed by atoms with Crippen LogP contribution in [0.25, 0.3) is 11.3 Å². The zero-order valence-electron chi connectivity index (χ0n) is 19.0. The maximum atomic E-state index is 12.7. The second kappa shape index (κ2) is 8.56. The molecule has 7 heteroatoms. The van der Waals surface area contributed by atoms with Crippen LogP contribution >= 0.6 is 0 Å².